The van der Waals surface area contributed by atoms with Gasteiger partial charge in [-0.25, -0.2) is 9.97 Å². The van der Waals surface area contributed by atoms with Crippen molar-refractivity contribution in [1.82, 2.24) is 24.8 Å². The number of nitrogens with zero attached hydrogens (tertiary/aromatic N) is 5. The molecule has 2 amide bonds. The lowest BCUT2D eigenvalue weighted by atomic mass is 9.96. The van der Waals surface area contributed by atoms with Gasteiger partial charge >= 0.3 is 0 Å². The molecule has 166 valence electrons. The minimum atomic E-state index is -0.0622. The summed E-state index contributed by atoms with van der Waals surface area (Å²) in [6, 6.07) is 11.6. The van der Waals surface area contributed by atoms with Gasteiger partial charge in [-0.2, -0.15) is 0 Å². The van der Waals surface area contributed by atoms with Crippen molar-refractivity contribution in [3.63, 3.8) is 0 Å². The summed E-state index contributed by atoms with van der Waals surface area (Å²) >= 11 is 0. The van der Waals surface area contributed by atoms with Crippen LogP contribution in [0.3, 0.4) is 0 Å². The van der Waals surface area contributed by atoms with Gasteiger partial charge in [0.1, 0.15) is 17.3 Å². The summed E-state index contributed by atoms with van der Waals surface area (Å²) in [5.41, 5.74) is 1.26. The maximum Gasteiger partial charge on any atom is 0.273 e. The van der Waals surface area contributed by atoms with E-state index in [1.54, 1.807) is 18.1 Å². The SMILES string of the molecule is CNc1cc(CN(C)C(C)=O)nc([C@H]2CCCN(C(=O)c3nccc4ccccc34)C2)n1. The van der Waals surface area contributed by atoms with Crippen LogP contribution in [0.15, 0.2) is 42.6 Å². The lowest BCUT2D eigenvalue weighted by Gasteiger charge is -2.32. The molecule has 1 aliphatic rings. The molecule has 2 aromatic heterocycles. The van der Waals surface area contributed by atoms with Gasteiger partial charge < -0.3 is 15.1 Å². The van der Waals surface area contributed by atoms with E-state index >= 15 is 0 Å². The molecule has 0 aliphatic carbocycles. The lowest BCUT2D eigenvalue weighted by Crippen LogP contribution is -2.40. The Morgan fingerprint density at radius 3 is 2.81 bits per heavy atom. The number of fused-ring (bicyclic) bond motifs is 1. The van der Waals surface area contributed by atoms with Crippen molar-refractivity contribution in [2.24, 2.45) is 0 Å². The Kier molecular flexibility index (Phi) is 6.30. The van der Waals surface area contributed by atoms with Crippen LogP contribution in [0.4, 0.5) is 5.82 Å². The molecule has 0 bridgehead atoms. The van der Waals surface area contributed by atoms with Gasteiger partial charge in [0.05, 0.1) is 12.2 Å². The number of pyridine rings is 1. The van der Waals surface area contributed by atoms with Crippen LogP contribution in [0.1, 0.15) is 47.7 Å². The number of anilines is 1. The molecule has 3 aromatic rings. The molecular weight excluding hydrogens is 404 g/mol. The van der Waals surface area contributed by atoms with Crippen LogP contribution in [0, 0.1) is 0 Å². The van der Waals surface area contributed by atoms with Crippen molar-refractivity contribution < 1.29 is 9.59 Å². The van der Waals surface area contributed by atoms with E-state index in [9.17, 15) is 9.59 Å². The fourth-order valence-electron chi connectivity index (χ4n) is 4.08. The number of hydrogen-bond acceptors (Lipinski definition) is 6. The zero-order valence-electron chi connectivity index (χ0n) is 18.7. The highest BCUT2D eigenvalue weighted by Crippen LogP contribution is 2.28. The topological polar surface area (TPSA) is 91.3 Å². The van der Waals surface area contributed by atoms with Crippen molar-refractivity contribution in [3.05, 3.63) is 59.8 Å². The minimum Gasteiger partial charge on any atom is -0.373 e. The average Bonchev–Trinajstić information content (AvgIpc) is 2.83. The molecule has 3 heterocycles. The van der Waals surface area contributed by atoms with Gasteiger partial charge in [0.15, 0.2) is 0 Å². The van der Waals surface area contributed by atoms with Crippen LogP contribution in [0.5, 0.6) is 0 Å². The van der Waals surface area contributed by atoms with E-state index in [0.29, 0.717) is 37.0 Å². The van der Waals surface area contributed by atoms with Crippen LogP contribution in [0.25, 0.3) is 10.8 Å². The largest absolute Gasteiger partial charge is 0.373 e. The Labute approximate surface area is 187 Å². The monoisotopic (exact) mass is 432 g/mol. The molecule has 8 heteroatoms. The van der Waals surface area contributed by atoms with Crippen molar-refractivity contribution in [1.29, 1.82) is 0 Å². The van der Waals surface area contributed by atoms with Gasteiger partial charge in [-0.1, -0.05) is 24.3 Å². The first kappa shape index (κ1) is 21.7. The van der Waals surface area contributed by atoms with Crippen LogP contribution in [0.2, 0.25) is 0 Å². The number of hydrogen-bond donors (Lipinski definition) is 1. The number of amides is 2. The van der Waals surface area contributed by atoms with E-state index in [2.05, 4.69) is 15.3 Å². The standard InChI is InChI=1S/C24H28N6O2/c1-16(31)29(3)15-19-13-21(25-2)28-23(27-19)18-8-6-12-30(14-18)24(32)22-20-9-5-4-7-17(20)10-11-26-22/h4-5,7,9-11,13,18H,6,8,12,14-15H2,1-3H3,(H,25,27,28)/t18-/m0/s1. The molecule has 1 aromatic carbocycles. The molecule has 32 heavy (non-hydrogen) atoms. The molecule has 1 aliphatic heterocycles. The van der Waals surface area contributed by atoms with Crippen LogP contribution < -0.4 is 5.32 Å². The molecule has 0 saturated carbocycles. The molecule has 1 N–H and O–H groups in total. The molecular formula is C24H28N6O2. The zero-order chi connectivity index (χ0) is 22.7. The summed E-state index contributed by atoms with van der Waals surface area (Å²) in [6.45, 7) is 3.17. The number of carbonyl (C=O) groups is 2. The van der Waals surface area contributed by atoms with Gasteiger partial charge in [0.2, 0.25) is 5.91 Å². The zero-order valence-corrected chi connectivity index (χ0v) is 18.7. The van der Waals surface area contributed by atoms with E-state index in [-0.39, 0.29) is 17.7 Å². The number of carbonyl (C=O) groups excluding carboxylic acids is 2. The van der Waals surface area contributed by atoms with Crippen LogP contribution >= 0.6 is 0 Å². The van der Waals surface area contributed by atoms with Gasteiger partial charge in [0.25, 0.3) is 5.91 Å². The summed E-state index contributed by atoms with van der Waals surface area (Å²) in [6.07, 6.45) is 3.47. The highest BCUT2D eigenvalue weighted by molar-refractivity contribution is 6.05. The number of aromatic nitrogens is 3. The second kappa shape index (κ2) is 9.30. The third-order valence-electron chi connectivity index (χ3n) is 5.94. The maximum atomic E-state index is 13.4. The quantitative estimate of drug-likeness (QED) is 0.666. The summed E-state index contributed by atoms with van der Waals surface area (Å²) in [5.74, 6) is 1.35. The maximum absolute atomic E-state index is 13.4. The smallest absolute Gasteiger partial charge is 0.273 e. The molecule has 0 unspecified atom stereocenters. The van der Waals surface area contributed by atoms with Gasteiger partial charge in [-0.15, -0.1) is 0 Å². The van der Waals surface area contributed by atoms with E-state index in [1.165, 1.54) is 6.92 Å². The van der Waals surface area contributed by atoms with Crippen LogP contribution in [-0.4, -0.2) is 63.8 Å². The number of nitrogens with one attached hydrogen (secondary N) is 1. The van der Waals surface area contributed by atoms with Crippen molar-refractivity contribution in [3.8, 4) is 0 Å². The summed E-state index contributed by atoms with van der Waals surface area (Å²) in [5, 5.41) is 4.95. The molecule has 1 fully saturated rings. The first-order valence-electron chi connectivity index (χ1n) is 10.9. The fraction of sp³-hybridized carbons (Fsp3) is 0.375. The van der Waals surface area contributed by atoms with Crippen molar-refractivity contribution in [2.75, 3.05) is 32.5 Å². The Balaban J connectivity index is 1.58. The highest BCUT2D eigenvalue weighted by atomic mass is 16.2. The van der Waals surface area contributed by atoms with Crippen molar-refractivity contribution >= 4 is 28.4 Å². The average molecular weight is 433 g/mol. The molecule has 0 spiro atoms. The third-order valence-corrected chi connectivity index (χ3v) is 5.94. The highest BCUT2D eigenvalue weighted by Gasteiger charge is 2.29. The molecule has 1 saturated heterocycles. The van der Waals surface area contributed by atoms with E-state index in [0.717, 1.165) is 29.3 Å². The molecule has 0 radical (unpaired) electrons. The van der Waals surface area contributed by atoms with Crippen LogP contribution in [-0.2, 0) is 11.3 Å². The number of likely N-dealkylation sites (tertiary alicyclic amines) is 1. The van der Waals surface area contributed by atoms with E-state index in [1.807, 2.05) is 48.3 Å². The summed E-state index contributed by atoms with van der Waals surface area (Å²) in [7, 11) is 3.56. The Morgan fingerprint density at radius 1 is 1.22 bits per heavy atom. The van der Waals surface area contributed by atoms with Gasteiger partial charge in [-0.3, -0.25) is 14.6 Å². The normalized spacial score (nSPS) is 16.1. The number of rotatable bonds is 5. The second-order valence-corrected chi connectivity index (χ2v) is 8.20. The first-order chi connectivity index (χ1) is 15.5. The Morgan fingerprint density at radius 2 is 2.03 bits per heavy atom. The second-order valence-electron chi connectivity index (χ2n) is 8.20. The minimum absolute atomic E-state index is 0.0202. The number of piperidine rings is 1. The van der Waals surface area contributed by atoms with Gasteiger partial charge in [-0.05, 0) is 24.3 Å². The predicted molar refractivity (Wildman–Crippen MR) is 123 cm³/mol. The number of benzene rings is 1. The van der Waals surface area contributed by atoms with Gasteiger partial charge in [0, 0.05) is 57.7 Å². The molecule has 4 rings (SSSR count). The fourth-order valence-corrected chi connectivity index (χ4v) is 4.08. The Hall–Kier alpha value is -3.55. The first-order valence-corrected chi connectivity index (χ1v) is 10.9. The third kappa shape index (κ3) is 4.54. The molecule has 8 nitrogen and oxygen atoms in total. The summed E-state index contributed by atoms with van der Waals surface area (Å²) in [4.78, 5) is 42.3. The van der Waals surface area contributed by atoms with Crippen molar-refractivity contribution in [2.45, 2.75) is 32.2 Å². The predicted octanol–water partition coefficient (Wildman–Crippen LogP) is 3.06. The summed E-state index contributed by atoms with van der Waals surface area (Å²) < 4.78 is 0. The van der Waals surface area contributed by atoms with E-state index in [4.69, 9.17) is 4.98 Å². The Bertz CT molecular complexity index is 1140. The van der Waals surface area contributed by atoms with E-state index < -0.39 is 0 Å². The molecule has 1 atom stereocenters. The lowest BCUT2D eigenvalue weighted by molar-refractivity contribution is -0.128.